The Morgan fingerprint density at radius 3 is 2.63 bits per heavy atom. The number of nitrogens with zero attached hydrogens (tertiary/aromatic N) is 3. The van der Waals surface area contributed by atoms with Crippen molar-refractivity contribution in [1.82, 2.24) is 19.8 Å². The van der Waals surface area contributed by atoms with Gasteiger partial charge in [0.05, 0.1) is 21.8 Å². The van der Waals surface area contributed by atoms with Gasteiger partial charge in [-0.25, -0.2) is 9.78 Å². The number of urea groups is 1. The van der Waals surface area contributed by atoms with Crippen LogP contribution < -0.4 is 10.9 Å². The van der Waals surface area contributed by atoms with Crippen LogP contribution in [0, 0.1) is 13.8 Å². The zero-order chi connectivity index (χ0) is 21.4. The highest BCUT2D eigenvalue weighted by atomic mass is 32.2. The van der Waals surface area contributed by atoms with Crippen LogP contribution in [0.15, 0.2) is 52.4 Å². The third-order valence-corrected chi connectivity index (χ3v) is 6.35. The maximum Gasteiger partial charge on any atom is 0.324 e. The maximum absolute atomic E-state index is 13.4. The van der Waals surface area contributed by atoms with Crippen LogP contribution in [0.4, 0.5) is 4.79 Å². The summed E-state index contributed by atoms with van der Waals surface area (Å²) in [6.45, 7) is 6.47. The Hall–Kier alpha value is -3.13. The predicted octanol–water partition coefficient (Wildman–Crippen LogP) is 3.03. The van der Waals surface area contributed by atoms with E-state index in [9.17, 15) is 14.4 Å². The SMILES string of the molecule is Cc1cccc(-n2c(S[C@H](C)C(=O)N3CCNC3=O)nc3ccccc3c2=O)c1C. The lowest BCUT2D eigenvalue weighted by Crippen LogP contribution is -2.39. The molecule has 0 spiro atoms. The zero-order valence-electron chi connectivity index (χ0n) is 17.0. The lowest BCUT2D eigenvalue weighted by molar-refractivity contribution is -0.126. The van der Waals surface area contributed by atoms with Crippen LogP contribution in [-0.2, 0) is 4.79 Å². The minimum atomic E-state index is -0.585. The van der Waals surface area contributed by atoms with Crippen molar-refractivity contribution in [3.05, 3.63) is 63.9 Å². The van der Waals surface area contributed by atoms with E-state index < -0.39 is 5.25 Å². The summed E-state index contributed by atoms with van der Waals surface area (Å²) in [5.74, 6) is -0.301. The maximum atomic E-state index is 13.4. The molecule has 1 aromatic heterocycles. The van der Waals surface area contributed by atoms with E-state index in [-0.39, 0.29) is 17.5 Å². The largest absolute Gasteiger partial charge is 0.336 e. The van der Waals surface area contributed by atoms with Crippen LogP contribution in [0.5, 0.6) is 0 Å². The lowest BCUT2D eigenvalue weighted by atomic mass is 10.1. The van der Waals surface area contributed by atoms with Crippen molar-refractivity contribution >= 4 is 34.6 Å². The molecule has 8 heteroatoms. The van der Waals surface area contributed by atoms with Gasteiger partial charge in [-0.1, -0.05) is 36.0 Å². The average Bonchev–Trinajstić information content (AvgIpc) is 3.16. The number of para-hydroxylation sites is 1. The fourth-order valence-corrected chi connectivity index (χ4v) is 4.47. The second-order valence-corrected chi connectivity index (χ2v) is 8.56. The summed E-state index contributed by atoms with van der Waals surface area (Å²) >= 11 is 1.19. The second kappa shape index (κ2) is 7.95. The summed E-state index contributed by atoms with van der Waals surface area (Å²) < 4.78 is 1.57. The molecule has 2 aromatic carbocycles. The minimum Gasteiger partial charge on any atom is -0.336 e. The van der Waals surface area contributed by atoms with Gasteiger partial charge in [0.15, 0.2) is 5.16 Å². The third-order valence-electron chi connectivity index (χ3n) is 5.31. The Balaban J connectivity index is 1.84. The number of carbonyl (C=O) groups is 2. The summed E-state index contributed by atoms with van der Waals surface area (Å²) in [5.41, 5.74) is 3.15. The van der Waals surface area contributed by atoms with Crippen molar-refractivity contribution in [3.63, 3.8) is 0 Å². The van der Waals surface area contributed by atoms with Crippen LogP contribution in [0.3, 0.4) is 0 Å². The molecule has 154 valence electrons. The van der Waals surface area contributed by atoms with Gasteiger partial charge in [-0.2, -0.15) is 0 Å². The number of aryl methyl sites for hydroxylation is 1. The van der Waals surface area contributed by atoms with Crippen LogP contribution in [0.2, 0.25) is 0 Å². The van der Waals surface area contributed by atoms with E-state index >= 15 is 0 Å². The molecule has 1 aliphatic rings. The van der Waals surface area contributed by atoms with Crippen molar-refractivity contribution in [3.8, 4) is 5.69 Å². The molecule has 0 aliphatic carbocycles. The van der Waals surface area contributed by atoms with Gasteiger partial charge >= 0.3 is 6.03 Å². The molecule has 1 fully saturated rings. The van der Waals surface area contributed by atoms with Crippen LogP contribution >= 0.6 is 11.8 Å². The minimum absolute atomic E-state index is 0.185. The standard InChI is InChI=1S/C22H22N4O3S/c1-13-7-6-10-18(14(13)2)26-20(28)16-8-4-5-9-17(16)24-22(26)30-15(3)19(27)25-12-11-23-21(25)29/h4-10,15H,11-12H2,1-3H3,(H,23,29)/t15-/m1/s1. The summed E-state index contributed by atoms with van der Waals surface area (Å²) in [5, 5.41) is 2.99. The average molecular weight is 423 g/mol. The smallest absolute Gasteiger partial charge is 0.324 e. The molecule has 4 rings (SSSR count). The van der Waals surface area contributed by atoms with Crippen LogP contribution in [0.25, 0.3) is 16.6 Å². The number of amides is 3. The first-order valence-electron chi connectivity index (χ1n) is 9.72. The van der Waals surface area contributed by atoms with E-state index in [0.29, 0.717) is 29.1 Å². The zero-order valence-corrected chi connectivity index (χ0v) is 17.8. The predicted molar refractivity (Wildman–Crippen MR) is 117 cm³/mol. The molecule has 0 radical (unpaired) electrons. The molecule has 0 bridgehead atoms. The van der Waals surface area contributed by atoms with Gasteiger partial charge in [0, 0.05) is 13.1 Å². The molecule has 1 N–H and O–H groups in total. The number of nitrogens with one attached hydrogen (secondary N) is 1. The molecule has 2 heterocycles. The second-order valence-electron chi connectivity index (χ2n) is 7.25. The van der Waals surface area contributed by atoms with Crippen LogP contribution in [0.1, 0.15) is 18.1 Å². The Morgan fingerprint density at radius 2 is 1.90 bits per heavy atom. The molecule has 30 heavy (non-hydrogen) atoms. The van der Waals surface area contributed by atoms with Gasteiger partial charge in [-0.05, 0) is 50.1 Å². The molecule has 3 aromatic rings. The monoisotopic (exact) mass is 422 g/mol. The van der Waals surface area contributed by atoms with Gasteiger partial charge in [-0.3, -0.25) is 19.1 Å². The molecule has 1 saturated heterocycles. The van der Waals surface area contributed by atoms with Crippen molar-refractivity contribution in [1.29, 1.82) is 0 Å². The first-order valence-corrected chi connectivity index (χ1v) is 10.6. The van der Waals surface area contributed by atoms with Gasteiger partial charge in [0.25, 0.3) is 5.56 Å². The molecule has 1 atom stereocenters. The van der Waals surface area contributed by atoms with E-state index in [4.69, 9.17) is 4.98 Å². The van der Waals surface area contributed by atoms with E-state index in [1.54, 1.807) is 23.6 Å². The van der Waals surface area contributed by atoms with Gasteiger partial charge in [-0.15, -0.1) is 0 Å². The first-order chi connectivity index (χ1) is 14.4. The number of imide groups is 1. The Bertz CT molecular complexity index is 1220. The number of fused-ring (bicyclic) bond motifs is 1. The fraction of sp³-hybridized carbons (Fsp3) is 0.273. The fourth-order valence-electron chi connectivity index (χ4n) is 3.49. The van der Waals surface area contributed by atoms with E-state index in [2.05, 4.69) is 5.32 Å². The summed E-state index contributed by atoms with van der Waals surface area (Å²) in [4.78, 5) is 44.0. The van der Waals surface area contributed by atoms with Crippen molar-refractivity contribution in [2.24, 2.45) is 0 Å². The summed E-state index contributed by atoms with van der Waals surface area (Å²) in [6, 6.07) is 12.6. The molecule has 1 aliphatic heterocycles. The van der Waals surface area contributed by atoms with Crippen LogP contribution in [-0.4, -0.2) is 44.7 Å². The molecule has 0 unspecified atom stereocenters. The number of aromatic nitrogens is 2. The molecular formula is C22H22N4O3S. The number of hydrogen-bond acceptors (Lipinski definition) is 5. The van der Waals surface area contributed by atoms with Gasteiger partial charge in [0.1, 0.15) is 0 Å². The molecule has 3 amide bonds. The normalized spacial score (nSPS) is 14.8. The quantitative estimate of drug-likeness (QED) is 0.516. The number of hydrogen-bond donors (Lipinski definition) is 1. The van der Waals surface area contributed by atoms with Crippen molar-refractivity contribution in [2.75, 3.05) is 13.1 Å². The van der Waals surface area contributed by atoms with Gasteiger partial charge in [0.2, 0.25) is 5.91 Å². The Kier molecular flexibility index (Phi) is 5.34. The highest BCUT2D eigenvalue weighted by Gasteiger charge is 2.31. The lowest BCUT2D eigenvalue weighted by Gasteiger charge is -2.20. The van der Waals surface area contributed by atoms with E-state index in [1.807, 2.05) is 44.2 Å². The van der Waals surface area contributed by atoms with Gasteiger partial charge < -0.3 is 5.32 Å². The third kappa shape index (κ3) is 3.47. The first kappa shape index (κ1) is 20.2. The highest BCUT2D eigenvalue weighted by Crippen LogP contribution is 2.28. The Labute approximate surface area is 178 Å². The Morgan fingerprint density at radius 1 is 1.13 bits per heavy atom. The molecule has 7 nitrogen and oxygen atoms in total. The topological polar surface area (TPSA) is 84.3 Å². The summed E-state index contributed by atoms with van der Waals surface area (Å²) in [7, 11) is 0. The highest BCUT2D eigenvalue weighted by molar-refractivity contribution is 8.00. The number of carbonyl (C=O) groups excluding carboxylic acids is 2. The van der Waals surface area contributed by atoms with Crippen molar-refractivity contribution in [2.45, 2.75) is 31.2 Å². The summed E-state index contributed by atoms with van der Waals surface area (Å²) in [6.07, 6.45) is 0. The van der Waals surface area contributed by atoms with Crippen molar-refractivity contribution < 1.29 is 9.59 Å². The molecule has 0 saturated carbocycles. The van der Waals surface area contributed by atoms with E-state index in [0.717, 1.165) is 16.8 Å². The molecular weight excluding hydrogens is 400 g/mol. The number of benzene rings is 2. The number of thioether (sulfide) groups is 1. The number of rotatable bonds is 4. The van der Waals surface area contributed by atoms with E-state index in [1.165, 1.54) is 16.7 Å².